The number of aliphatic hydroxyl groups excluding tert-OH is 2. The van der Waals surface area contributed by atoms with E-state index in [9.17, 15) is 19.8 Å². The number of aliphatic hydroxyl groups is 2. The number of allylic oxidation sites excluding steroid dienone is 9. The van der Waals surface area contributed by atoms with Gasteiger partial charge in [-0.2, -0.15) is 0 Å². The third kappa shape index (κ3) is 64.7. The molecule has 6 heteroatoms. The Morgan fingerprint density at radius 1 is 0.350 bits per heavy atom. The molecular weight excluding hydrogens is 983 g/mol. The molecule has 0 heterocycles. The van der Waals surface area contributed by atoms with Gasteiger partial charge < -0.3 is 20.3 Å². The van der Waals surface area contributed by atoms with Gasteiger partial charge in [0.2, 0.25) is 5.91 Å². The number of ether oxygens (including phenoxy) is 1. The van der Waals surface area contributed by atoms with E-state index >= 15 is 0 Å². The summed E-state index contributed by atoms with van der Waals surface area (Å²) < 4.78 is 5.49. The molecule has 0 aliphatic rings. The number of esters is 1. The molecule has 0 radical (unpaired) electrons. The van der Waals surface area contributed by atoms with Gasteiger partial charge in [0.1, 0.15) is 0 Å². The molecule has 0 aromatic rings. The molecule has 2 unspecified atom stereocenters. The first-order chi connectivity index (χ1) is 39.5. The Hall–Kier alpha value is -2.44. The number of nitrogens with one attached hydrogen (secondary N) is 1. The Morgan fingerprint density at radius 3 is 0.975 bits per heavy atom. The number of rotatable bonds is 66. The lowest BCUT2D eigenvalue weighted by Gasteiger charge is -2.20. The van der Waals surface area contributed by atoms with Crippen molar-refractivity contribution in [2.45, 2.75) is 386 Å². The number of unbranched alkanes of at least 4 members (excludes halogenated alkanes) is 47. The molecular formula is C74H137NO5. The molecule has 0 spiro atoms. The van der Waals surface area contributed by atoms with Gasteiger partial charge in [0.15, 0.2) is 0 Å². The van der Waals surface area contributed by atoms with E-state index in [1.54, 1.807) is 6.08 Å². The quantitative estimate of drug-likeness (QED) is 0.0320. The number of carbonyl (C=O) groups is 2. The zero-order chi connectivity index (χ0) is 57.8. The topological polar surface area (TPSA) is 95.9 Å². The van der Waals surface area contributed by atoms with Crippen molar-refractivity contribution in [1.29, 1.82) is 0 Å². The molecule has 0 saturated heterocycles. The summed E-state index contributed by atoms with van der Waals surface area (Å²) >= 11 is 0. The first-order valence-electron chi connectivity index (χ1n) is 35.6. The van der Waals surface area contributed by atoms with Gasteiger partial charge in [0.25, 0.3) is 0 Å². The van der Waals surface area contributed by atoms with Gasteiger partial charge in [-0.3, -0.25) is 9.59 Å². The molecule has 3 N–H and O–H groups in total. The average Bonchev–Trinajstić information content (AvgIpc) is 3.46. The monoisotopic (exact) mass is 1120 g/mol. The minimum absolute atomic E-state index is 0.00122. The van der Waals surface area contributed by atoms with Crippen LogP contribution in [-0.4, -0.2) is 47.4 Å². The van der Waals surface area contributed by atoms with Crippen molar-refractivity contribution >= 4 is 11.9 Å². The van der Waals surface area contributed by atoms with E-state index in [-0.39, 0.29) is 18.5 Å². The zero-order valence-corrected chi connectivity index (χ0v) is 53.6. The molecule has 6 nitrogen and oxygen atoms in total. The van der Waals surface area contributed by atoms with Crippen LogP contribution in [0.15, 0.2) is 60.8 Å². The van der Waals surface area contributed by atoms with Crippen LogP contribution in [0.2, 0.25) is 0 Å². The minimum Gasteiger partial charge on any atom is -0.466 e. The Morgan fingerprint density at radius 2 is 0.625 bits per heavy atom. The van der Waals surface area contributed by atoms with Gasteiger partial charge in [0.05, 0.1) is 25.4 Å². The van der Waals surface area contributed by atoms with Crippen molar-refractivity contribution in [2.24, 2.45) is 0 Å². The van der Waals surface area contributed by atoms with E-state index in [4.69, 9.17) is 4.74 Å². The molecule has 0 fully saturated rings. The van der Waals surface area contributed by atoms with E-state index in [0.717, 1.165) is 70.6 Å². The summed E-state index contributed by atoms with van der Waals surface area (Å²) in [5.41, 5.74) is 0. The highest BCUT2D eigenvalue weighted by molar-refractivity contribution is 5.76. The molecule has 0 aromatic heterocycles. The van der Waals surface area contributed by atoms with Crippen molar-refractivity contribution in [3.63, 3.8) is 0 Å². The normalized spacial score (nSPS) is 12.9. The van der Waals surface area contributed by atoms with E-state index < -0.39 is 12.1 Å². The number of carbonyl (C=O) groups excluding carboxylic acids is 2. The Bertz CT molecular complexity index is 1380. The molecule has 1 amide bonds. The lowest BCUT2D eigenvalue weighted by Crippen LogP contribution is -2.45. The Kier molecular flexibility index (Phi) is 66.9. The summed E-state index contributed by atoms with van der Waals surface area (Å²) in [4.78, 5) is 24.6. The average molecular weight is 1120 g/mol. The first-order valence-corrected chi connectivity index (χ1v) is 35.6. The van der Waals surface area contributed by atoms with Gasteiger partial charge in [-0.05, 0) is 96.3 Å². The molecule has 0 rings (SSSR count). The largest absolute Gasteiger partial charge is 0.466 e. The highest BCUT2D eigenvalue weighted by Gasteiger charge is 2.18. The molecule has 80 heavy (non-hydrogen) atoms. The predicted molar refractivity (Wildman–Crippen MR) is 352 cm³/mol. The SMILES string of the molecule is CCCCC/C=C\C/C=C\CCCCCCCCCC(=O)OCCCCCCCCCCC/C=C\C/C=C\CCCCCCCCCC(=O)NC(CO)C(O)/C=C/CCCCCCCCCCCCCCCCCCCCCCC. The summed E-state index contributed by atoms with van der Waals surface area (Å²) in [6.07, 6.45) is 91.5. The van der Waals surface area contributed by atoms with Crippen LogP contribution in [0.3, 0.4) is 0 Å². The maximum atomic E-state index is 12.5. The van der Waals surface area contributed by atoms with Crippen LogP contribution in [0.4, 0.5) is 0 Å². The van der Waals surface area contributed by atoms with Gasteiger partial charge in [-0.25, -0.2) is 0 Å². The van der Waals surface area contributed by atoms with E-state index in [2.05, 4.69) is 67.8 Å². The van der Waals surface area contributed by atoms with E-state index in [1.807, 2.05) is 6.08 Å². The summed E-state index contributed by atoms with van der Waals surface area (Å²) in [7, 11) is 0. The third-order valence-corrected chi connectivity index (χ3v) is 16.3. The van der Waals surface area contributed by atoms with Gasteiger partial charge in [-0.1, -0.05) is 325 Å². The molecule has 0 saturated carbocycles. The van der Waals surface area contributed by atoms with Crippen LogP contribution >= 0.6 is 0 Å². The summed E-state index contributed by atoms with van der Waals surface area (Å²) in [6, 6.07) is -0.638. The molecule has 2 atom stereocenters. The van der Waals surface area contributed by atoms with Gasteiger partial charge in [-0.15, -0.1) is 0 Å². The van der Waals surface area contributed by atoms with E-state index in [1.165, 1.54) is 276 Å². The Labute approximate surface area is 499 Å². The highest BCUT2D eigenvalue weighted by atomic mass is 16.5. The third-order valence-electron chi connectivity index (χ3n) is 16.3. The van der Waals surface area contributed by atoms with Gasteiger partial charge in [0, 0.05) is 12.8 Å². The van der Waals surface area contributed by atoms with Gasteiger partial charge >= 0.3 is 5.97 Å². The smallest absolute Gasteiger partial charge is 0.305 e. The lowest BCUT2D eigenvalue weighted by molar-refractivity contribution is -0.143. The first kappa shape index (κ1) is 77.6. The number of hydrogen-bond donors (Lipinski definition) is 3. The summed E-state index contributed by atoms with van der Waals surface area (Å²) in [6.45, 7) is 4.89. The molecule has 0 aliphatic carbocycles. The van der Waals surface area contributed by atoms with Crippen LogP contribution in [0, 0.1) is 0 Å². The number of amides is 1. The maximum Gasteiger partial charge on any atom is 0.305 e. The zero-order valence-electron chi connectivity index (χ0n) is 53.6. The van der Waals surface area contributed by atoms with Crippen LogP contribution in [0.1, 0.15) is 373 Å². The standard InChI is InChI=1S/C74H137NO5/c1-3-5-7-9-11-13-15-17-19-21-22-23-25-28-31-35-38-42-46-50-54-58-62-66-72(77)71(70-76)75-73(78)67-63-59-55-51-47-43-39-36-32-29-26-24-27-30-33-37-41-45-49-53-57-61-65-69-80-74(79)68-64-60-56-52-48-44-40-34-20-18-16-14-12-10-8-6-4-2/h12,14,18,20,24,27,29,32,62,66,71-72,76-77H,3-11,13,15-17,19,21-23,25-26,28,30-31,33-61,63-65,67-70H2,1-2H3,(H,75,78)/b14-12-,20-18-,27-24-,32-29-,66-62+. The van der Waals surface area contributed by atoms with Crippen LogP contribution < -0.4 is 5.32 Å². The fourth-order valence-electron chi connectivity index (χ4n) is 10.8. The predicted octanol–water partition coefficient (Wildman–Crippen LogP) is 23.0. The molecule has 0 aromatic carbocycles. The van der Waals surface area contributed by atoms with Crippen molar-refractivity contribution < 1.29 is 24.5 Å². The molecule has 468 valence electrons. The summed E-state index contributed by atoms with van der Waals surface area (Å²) in [5, 5.41) is 23.3. The maximum absolute atomic E-state index is 12.5. The minimum atomic E-state index is -0.854. The second-order valence-corrected chi connectivity index (χ2v) is 24.2. The van der Waals surface area contributed by atoms with Crippen LogP contribution in [0.25, 0.3) is 0 Å². The second-order valence-electron chi connectivity index (χ2n) is 24.2. The van der Waals surface area contributed by atoms with Crippen molar-refractivity contribution in [2.75, 3.05) is 13.2 Å². The molecule has 0 bridgehead atoms. The Balaban J connectivity index is 3.48. The number of hydrogen-bond acceptors (Lipinski definition) is 5. The van der Waals surface area contributed by atoms with Crippen LogP contribution in [-0.2, 0) is 14.3 Å². The highest BCUT2D eigenvalue weighted by Crippen LogP contribution is 2.18. The van der Waals surface area contributed by atoms with Crippen molar-refractivity contribution in [1.82, 2.24) is 5.32 Å². The van der Waals surface area contributed by atoms with Crippen molar-refractivity contribution in [3.8, 4) is 0 Å². The fourth-order valence-corrected chi connectivity index (χ4v) is 10.8. The lowest BCUT2D eigenvalue weighted by atomic mass is 10.0. The summed E-state index contributed by atoms with van der Waals surface area (Å²) in [5.74, 6) is -0.0770. The molecule has 0 aliphatic heterocycles. The fraction of sp³-hybridized carbons (Fsp3) is 0.838. The second kappa shape index (κ2) is 69.1. The van der Waals surface area contributed by atoms with E-state index in [0.29, 0.717) is 19.4 Å². The van der Waals surface area contributed by atoms with Crippen molar-refractivity contribution in [3.05, 3.63) is 60.8 Å². The van der Waals surface area contributed by atoms with Crippen LogP contribution in [0.5, 0.6) is 0 Å².